The maximum atomic E-state index is 11.4. The summed E-state index contributed by atoms with van der Waals surface area (Å²) in [5.74, 6) is -0.131. The van der Waals surface area contributed by atoms with Gasteiger partial charge in [-0.05, 0) is 11.1 Å². The van der Waals surface area contributed by atoms with E-state index in [1.165, 1.54) is 0 Å². The molecular formula is C13H20N2O3. The third-order valence-corrected chi connectivity index (χ3v) is 2.41. The number of nitrogens with two attached hydrogens (primary N) is 1. The summed E-state index contributed by atoms with van der Waals surface area (Å²) in [5, 5.41) is 2.78. The van der Waals surface area contributed by atoms with Crippen LogP contribution in [-0.4, -0.2) is 32.8 Å². The number of nitrogens with one attached hydrogen (secondary N) is 1. The Morgan fingerprint density at radius 2 is 1.89 bits per heavy atom. The fraction of sp³-hybridized carbons (Fsp3) is 0.462. The van der Waals surface area contributed by atoms with Crippen molar-refractivity contribution in [1.29, 1.82) is 0 Å². The molecule has 0 aliphatic carbocycles. The van der Waals surface area contributed by atoms with Crippen molar-refractivity contribution in [2.45, 2.75) is 13.1 Å². The van der Waals surface area contributed by atoms with Gasteiger partial charge in [-0.2, -0.15) is 0 Å². The summed E-state index contributed by atoms with van der Waals surface area (Å²) in [7, 11) is 1.59. The fourth-order valence-corrected chi connectivity index (χ4v) is 1.35. The first-order valence-electron chi connectivity index (χ1n) is 5.87. The highest BCUT2D eigenvalue weighted by molar-refractivity contribution is 5.77. The van der Waals surface area contributed by atoms with Crippen molar-refractivity contribution in [3.63, 3.8) is 0 Å². The molecule has 1 aromatic rings. The normalized spacial score (nSPS) is 10.3. The van der Waals surface area contributed by atoms with E-state index in [1.807, 2.05) is 24.3 Å². The molecule has 0 fully saturated rings. The number of carbonyl (C=O) groups is 1. The molecule has 5 heteroatoms. The van der Waals surface area contributed by atoms with E-state index in [0.717, 1.165) is 11.1 Å². The molecular weight excluding hydrogens is 232 g/mol. The summed E-state index contributed by atoms with van der Waals surface area (Å²) in [6.45, 7) is 2.00. The van der Waals surface area contributed by atoms with Gasteiger partial charge in [0.25, 0.3) is 0 Å². The first-order chi connectivity index (χ1) is 8.76. The Morgan fingerprint density at radius 1 is 1.22 bits per heavy atom. The zero-order valence-corrected chi connectivity index (χ0v) is 10.6. The van der Waals surface area contributed by atoms with Crippen LogP contribution in [0.25, 0.3) is 0 Å². The second-order valence-electron chi connectivity index (χ2n) is 3.84. The summed E-state index contributed by atoms with van der Waals surface area (Å²) in [5.41, 5.74) is 7.62. The molecule has 3 N–H and O–H groups in total. The highest BCUT2D eigenvalue weighted by Gasteiger charge is 2.01. The lowest BCUT2D eigenvalue weighted by atomic mass is 10.1. The van der Waals surface area contributed by atoms with Gasteiger partial charge in [0.05, 0.1) is 13.2 Å². The van der Waals surface area contributed by atoms with E-state index < -0.39 is 0 Å². The van der Waals surface area contributed by atoms with Gasteiger partial charge < -0.3 is 20.5 Å². The second kappa shape index (κ2) is 8.63. The molecule has 0 aliphatic rings. The van der Waals surface area contributed by atoms with E-state index in [2.05, 4.69) is 5.32 Å². The van der Waals surface area contributed by atoms with E-state index in [9.17, 15) is 4.79 Å². The van der Waals surface area contributed by atoms with Gasteiger partial charge in [-0.15, -0.1) is 0 Å². The Hall–Kier alpha value is -1.43. The summed E-state index contributed by atoms with van der Waals surface area (Å²) in [6.07, 6.45) is 0. The average molecular weight is 252 g/mol. The van der Waals surface area contributed by atoms with Crippen LogP contribution in [0, 0.1) is 0 Å². The third-order valence-electron chi connectivity index (χ3n) is 2.41. The van der Waals surface area contributed by atoms with Crippen molar-refractivity contribution in [2.24, 2.45) is 5.73 Å². The van der Waals surface area contributed by atoms with Crippen molar-refractivity contribution in [3.8, 4) is 0 Å². The number of rotatable bonds is 8. The van der Waals surface area contributed by atoms with Crippen molar-refractivity contribution in [3.05, 3.63) is 35.4 Å². The van der Waals surface area contributed by atoms with Crippen LogP contribution in [0.4, 0.5) is 0 Å². The van der Waals surface area contributed by atoms with Gasteiger partial charge in [0.15, 0.2) is 0 Å². The first kappa shape index (κ1) is 14.6. The van der Waals surface area contributed by atoms with Crippen LogP contribution in [0.1, 0.15) is 11.1 Å². The minimum Gasteiger partial charge on any atom is -0.382 e. The molecule has 0 heterocycles. The van der Waals surface area contributed by atoms with Gasteiger partial charge in [0, 0.05) is 20.2 Å². The quantitative estimate of drug-likeness (QED) is 0.658. The Kier molecular flexibility index (Phi) is 7.01. The molecule has 0 aromatic heterocycles. The van der Waals surface area contributed by atoms with Crippen LogP contribution in [0.15, 0.2) is 24.3 Å². The topological polar surface area (TPSA) is 73.6 Å². The standard InChI is InChI=1S/C13H20N2O3/c1-17-6-7-18-10-13(16)15-9-12-4-2-11(8-14)3-5-12/h2-5H,6-10,14H2,1H3,(H,15,16). The second-order valence-corrected chi connectivity index (χ2v) is 3.84. The van der Waals surface area contributed by atoms with E-state index in [-0.39, 0.29) is 12.5 Å². The number of methoxy groups -OCH3 is 1. The number of carbonyl (C=O) groups excluding carboxylic acids is 1. The van der Waals surface area contributed by atoms with Gasteiger partial charge >= 0.3 is 0 Å². The van der Waals surface area contributed by atoms with Gasteiger partial charge in [-0.25, -0.2) is 0 Å². The number of ether oxygens (including phenoxy) is 2. The van der Waals surface area contributed by atoms with Crippen LogP contribution >= 0.6 is 0 Å². The van der Waals surface area contributed by atoms with Crippen LogP contribution in [0.2, 0.25) is 0 Å². The number of hydrogen-bond acceptors (Lipinski definition) is 4. The number of benzene rings is 1. The molecule has 18 heavy (non-hydrogen) atoms. The van der Waals surface area contributed by atoms with Crippen molar-refractivity contribution < 1.29 is 14.3 Å². The van der Waals surface area contributed by atoms with Crippen LogP contribution < -0.4 is 11.1 Å². The smallest absolute Gasteiger partial charge is 0.246 e. The molecule has 1 rings (SSSR count). The van der Waals surface area contributed by atoms with Gasteiger partial charge in [-0.1, -0.05) is 24.3 Å². The van der Waals surface area contributed by atoms with Gasteiger partial charge in [0.2, 0.25) is 5.91 Å². The molecule has 0 saturated carbocycles. The lowest BCUT2D eigenvalue weighted by Crippen LogP contribution is -2.27. The summed E-state index contributed by atoms with van der Waals surface area (Å²) >= 11 is 0. The molecule has 0 saturated heterocycles. The minimum absolute atomic E-state index is 0.0598. The molecule has 0 atom stereocenters. The van der Waals surface area contributed by atoms with Gasteiger partial charge in [-0.3, -0.25) is 4.79 Å². The van der Waals surface area contributed by atoms with Gasteiger partial charge in [0.1, 0.15) is 6.61 Å². The molecule has 0 bridgehead atoms. The maximum Gasteiger partial charge on any atom is 0.246 e. The van der Waals surface area contributed by atoms with Crippen molar-refractivity contribution in [2.75, 3.05) is 26.9 Å². The summed E-state index contributed by atoms with van der Waals surface area (Å²) in [6, 6.07) is 7.82. The molecule has 0 aliphatic heterocycles. The lowest BCUT2D eigenvalue weighted by Gasteiger charge is -2.06. The summed E-state index contributed by atoms with van der Waals surface area (Å²) < 4.78 is 9.92. The van der Waals surface area contributed by atoms with Crippen LogP contribution in [-0.2, 0) is 27.4 Å². The van der Waals surface area contributed by atoms with E-state index in [1.54, 1.807) is 7.11 Å². The van der Waals surface area contributed by atoms with E-state index in [4.69, 9.17) is 15.2 Å². The zero-order valence-electron chi connectivity index (χ0n) is 10.6. The highest BCUT2D eigenvalue weighted by Crippen LogP contribution is 2.03. The first-order valence-corrected chi connectivity index (χ1v) is 5.87. The van der Waals surface area contributed by atoms with Crippen LogP contribution in [0.3, 0.4) is 0 Å². The predicted octanol–water partition coefficient (Wildman–Crippen LogP) is 0.425. The largest absolute Gasteiger partial charge is 0.382 e. The Bertz CT molecular complexity index is 352. The number of hydrogen-bond donors (Lipinski definition) is 2. The minimum atomic E-state index is -0.131. The molecule has 100 valence electrons. The molecule has 5 nitrogen and oxygen atoms in total. The Balaban J connectivity index is 2.20. The SMILES string of the molecule is COCCOCC(=O)NCc1ccc(CN)cc1. The summed E-state index contributed by atoms with van der Waals surface area (Å²) in [4.78, 5) is 11.4. The molecule has 1 aromatic carbocycles. The highest BCUT2D eigenvalue weighted by atomic mass is 16.5. The van der Waals surface area contributed by atoms with Crippen molar-refractivity contribution in [1.82, 2.24) is 5.32 Å². The maximum absolute atomic E-state index is 11.4. The third kappa shape index (κ3) is 5.77. The molecule has 1 amide bonds. The van der Waals surface area contributed by atoms with Crippen molar-refractivity contribution >= 4 is 5.91 Å². The Labute approximate surface area is 107 Å². The Morgan fingerprint density at radius 3 is 2.50 bits per heavy atom. The number of amides is 1. The fourth-order valence-electron chi connectivity index (χ4n) is 1.35. The molecule has 0 radical (unpaired) electrons. The molecule has 0 spiro atoms. The zero-order chi connectivity index (χ0) is 13.2. The average Bonchev–Trinajstić information content (AvgIpc) is 2.42. The van der Waals surface area contributed by atoms with Crippen LogP contribution in [0.5, 0.6) is 0 Å². The monoisotopic (exact) mass is 252 g/mol. The van der Waals surface area contributed by atoms with E-state index >= 15 is 0 Å². The predicted molar refractivity (Wildman–Crippen MR) is 68.9 cm³/mol. The van der Waals surface area contributed by atoms with E-state index in [0.29, 0.717) is 26.3 Å². The lowest BCUT2D eigenvalue weighted by molar-refractivity contribution is -0.126. The molecule has 0 unspecified atom stereocenters.